The first-order valence-corrected chi connectivity index (χ1v) is 12.4. The normalized spacial score (nSPS) is 16.1. The Hall–Kier alpha value is -2.37. The van der Waals surface area contributed by atoms with Crippen LogP contribution in [0.15, 0.2) is 42.5 Å². The van der Waals surface area contributed by atoms with Crippen LogP contribution < -0.4 is 5.32 Å². The zero-order valence-corrected chi connectivity index (χ0v) is 20.8. The van der Waals surface area contributed by atoms with Gasteiger partial charge in [-0.15, -0.1) is 0 Å². The van der Waals surface area contributed by atoms with Gasteiger partial charge in [0.15, 0.2) is 12.6 Å². The molecule has 1 saturated heterocycles. The molecule has 1 aliphatic rings. The van der Waals surface area contributed by atoms with Crippen LogP contribution in [0.25, 0.3) is 0 Å². The van der Waals surface area contributed by atoms with Gasteiger partial charge in [0.2, 0.25) is 0 Å². The van der Waals surface area contributed by atoms with E-state index in [1.54, 1.807) is 0 Å². The van der Waals surface area contributed by atoms with Crippen LogP contribution >= 0.6 is 11.6 Å². The molecule has 0 saturated carbocycles. The van der Waals surface area contributed by atoms with Crippen LogP contribution in [0, 0.1) is 13.8 Å². The van der Waals surface area contributed by atoms with Gasteiger partial charge >= 0.3 is 5.97 Å². The van der Waals surface area contributed by atoms with E-state index >= 15 is 0 Å². The molecule has 1 fully saturated rings. The molecular weight excluding hydrogens is 436 g/mol. The molecule has 0 radical (unpaired) electrons. The number of quaternary nitrogens is 1. The molecule has 1 amide bonds. The van der Waals surface area contributed by atoms with Crippen molar-refractivity contribution >= 4 is 29.2 Å². The minimum Gasteiger partial charge on any atom is -0.457 e. The lowest BCUT2D eigenvalue weighted by molar-refractivity contribution is -0.940. The van der Waals surface area contributed by atoms with Gasteiger partial charge in [0.05, 0.1) is 13.1 Å². The molecule has 33 heavy (non-hydrogen) atoms. The number of likely N-dealkylation sites (tertiary alicyclic amines) is 1. The lowest BCUT2D eigenvalue weighted by atomic mass is 9.98. The van der Waals surface area contributed by atoms with E-state index in [1.165, 1.54) is 0 Å². The van der Waals surface area contributed by atoms with Gasteiger partial charge in [-0.3, -0.25) is 4.79 Å². The van der Waals surface area contributed by atoms with Gasteiger partial charge in [-0.05, 0) is 68.4 Å². The number of aryl methyl sites for hydroxylation is 2. The maximum Gasteiger partial charge on any atom is 0.362 e. The van der Waals surface area contributed by atoms with Gasteiger partial charge in [0.1, 0.15) is 6.61 Å². The predicted octanol–water partition coefficient (Wildman–Crippen LogP) is 5.81. The van der Waals surface area contributed by atoms with Crippen molar-refractivity contribution in [1.29, 1.82) is 0 Å². The average molecular weight is 472 g/mol. The summed E-state index contributed by atoms with van der Waals surface area (Å²) in [6, 6.07) is 13.1. The number of anilines is 1. The number of rotatable bonds is 9. The number of nitrogens with one attached hydrogen (secondary N) is 1. The molecule has 1 heterocycles. The Labute approximate surface area is 202 Å². The van der Waals surface area contributed by atoms with Crippen molar-refractivity contribution in [3.63, 3.8) is 0 Å². The molecule has 1 aliphatic heterocycles. The molecule has 2 aromatic rings. The van der Waals surface area contributed by atoms with Crippen LogP contribution in [-0.2, 0) is 20.9 Å². The molecule has 1 N–H and O–H groups in total. The van der Waals surface area contributed by atoms with Crippen LogP contribution in [0.4, 0.5) is 5.69 Å². The number of esters is 1. The molecular formula is C27H36ClN2O3+. The molecule has 6 heteroatoms. The van der Waals surface area contributed by atoms with E-state index in [0.717, 1.165) is 67.6 Å². The van der Waals surface area contributed by atoms with Gasteiger partial charge in [-0.2, -0.15) is 0 Å². The van der Waals surface area contributed by atoms with E-state index in [2.05, 4.69) is 12.2 Å². The van der Waals surface area contributed by atoms with Crippen molar-refractivity contribution in [3.8, 4) is 0 Å². The summed E-state index contributed by atoms with van der Waals surface area (Å²) < 4.78 is 6.10. The summed E-state index contributed by atoms with van der Waals surface area (Å²) in [5.74, 6) is -0.267. The number of amides is 1. The molecule has 2 aromatic carbocycles. The van der Waals surface area contributed by atoms with E-state index in [9.17, 15) is 9.59 Å². The Bertz CT molecular complexity index is 932. The first-order chi connectivity index (χ1) is 15.8. The first kappa shape index (κ1) is 25.3. The van der Waals surface area contributed by atoms with Gasteiger partial charge < -0.3 is 14.5 Å². The standard InChI is InChI=1S/C27H35ClN2O3/c1-4-11-24(27(32)29-26-20(2)16-23(28)17-21(26)3)30(14-9-6-10-15-30)18-25(31)33-19-22-12-7-5-8-13-22/h5,7-8,12-13,16-17,24H,4,6,9-11,14-15,18-19H2,1-3H3/p+1. The quantitative estimate of drug-likeness (QED) is 0.371. The van der Waals surface area contributed by atoms with Crippen LogP contribution in [-0.4, -0.2) is 42.0 Å². The van der Waals surface area contributed by atoms with Crippen LogP contribution in [0.2, 0.25) is 5.02 Å². The van der Waals surface area contributed by atoms with Crippen molar-refractivity contribution in [1.82, 2.24) is 0 Å². The fourth-order valence-electron chi connectivity index (χ4n) is 5.00. The number of carbonyl (C=O) groups is 2. The SMILES string of the molecule is CCCC(C(=O)Nc1c(C)cc(Cl)cc1C)[N+]1(CC(=O)OCc2ccccc2)CCCCC1. The third kappa shape index (κ3) is 6.58. The van der Waals surface area contributed by atoms with Crippen molar-refractivity contribution in [2.45, 2.75) is 65.5 Å². The van der Waals surface area contributed by atoms with E-state index in [0.29, 0.717) is 9.51 Å². The monoisotopic (exact) mass is 471 g/mol. The fourth-order valence-corrected chi connectivity index (χ4v) is 5.33. The third-order valence-electron chi connectivity index (χ3n) is 6.67. The number of hydrogen-bond acceptors (Lipinski definition) is 3. The fraction of sp³-hybridized carbons (Fsp3) is 0.481. The second-order valence-corrected chi connectivity index (χ2v) is 9.68. The van der Waals surface area contributed by atoms with Crippen molar-refractivity contribution in [2.24, 2.45) is 0 Å². The summed E-state index contributed by atoms with van der Waals surface area (Å²) in [5, 5.41) is 3.84. The lowest BCUT2D eigenvalue weighted by Crippen LogP contribution is -2.64. The van der Waals surface area contributed by atoms with Crippen molar-refractivity contribution in [3.05, 3.63) is 64.2 Å². The Morgan fingerprint density at radius 2 is 1.70 bits per heavy atom. The summed E-state index contributed by atoms with van der Waals surface area (Å²) in [7, 11) is 0. The average Bonchev–Trinajstić information content (AvgIpc) is 2.79. The Kier molecular flexibility index (Phi) is 8.93. The molecule has 0 bridgehead atoms. The number of piperidine rings is 1. The number of benzene rings is 2. The lowest BCUT2D eigenvalue weighted by Gasteiger charge is -2.45. The van der Waals surface area contributed by atoms with Crippen LogP contribution in [0.5, 0.6) is 0 Å². The second-order valence-electron chi connectivity index (χ2n) is 9.24. The molecule has 0 aliphatic carbocycles. The van der Waals surface area contributed by atoms with Gasteiger partial charge in [0, 0.05) is 17.1 Å². The minimum atomic E-state index is -0.297. The minimum absolute atomic E-state index is 0.0249. The highest BCUT2D eigenvalue weighted by atomic mass is 35.5. The number of halogens is 1. The molecule has 3 rings (SSSR count). The highest BCUT2D eigenvalue weighted by molar-refractivity contribution is 6.30. The Balaban J connectivity index is 1.79. The number of nitrogens with zero attached hydrogens (tertiary/aromatic N) is 1. The van der Waals surface area contributed by atoms with E-state index in [1.807, 2.05) is 56.3 Å². The summed E-state index contributed by atoms with van der Waals surface area (Å²) in [6.45, 7) is 8.11. The van der Waals surface area contributed by atoms with Crippen LogP contribution in [0.3, 0.4) is 0 Å². The Morgan fingerprint density at radius 1 is 1.06 bits per heavy atom. The number of carbonyl (C=O) groups excluding carboxylic acids is 2. The molecule has 0 aromatic heterocycles. The van der Waals surface area contributed by atoms with E-state index < -0.39 is 0 Å². The zero-order chi connectivity index (χ0) is 23.8. The maximum atomic E-state index is 13.6. The summed E-state index contributed by atoms with van der Waals surface area (Å²) in [5.41, 5.74) is 3.66. The van der Waals surface area contributed by atoms with E-state index in [4.69, 9.17) is 16.3 Å². The largest absolute Gasteiger partial charge is 0.457 e. The van der Waals surface area contributed by atoms with Crippen LogP contribution in [0.1, 0.15) is 55.7 Å². The summed E-state index contributed by atoms with van der Waals surface area (Å²) in [6.07, 6.45) is 4.76. The van der Waals surface area contributed by atoms with E-state index in [-0.39, 0.29) is 31.1 Å². The highest BCUT2D eigenvalue weighted by Gasteiger charge is 2.44. The number of ether oxygens (including phenoxy) is 1. The molecule has 5 nitrogen and oxygen atoms in total. The molecule has 0 spiro atoms. The highest BCUT2D eigenvalue weighted by Crippen LogP contribution is 2.29. The first-order valence-electron chi connectivity index (χ1n) is 12.0. The topological polar surface area (TPSA) is 55.4 Å². The predicted molar refractivity (Wildman–Crippen MR) is 133 cm³/mol. The third-order valence-corrected chi connectivity index (χ3v) is 6.88. The molecule has 1 atom stereocenters. The summed E-state index contributed by atoms with van der Waals surface area (Å²) >= 11 is 6.18. The Morgan fingerprint density at radius 3 is 2.30 bits per heavy atom. The van der Waals surface area contributed by atoms with Gasteiger partial charge in [-0.1, -0.05) is 48.9 Å². The number of hydrogen-bond donors (Lipinski definition) is 1. The van der Waals surface area contributed by atoms with Gasteiger partial charge in [-0.25, -0.2) is 4.79 Å². The van der Waals surface area contributed by atoms with Crippen molar-refractivity contribution < 1.29 is 18.8 Å². The van der Waals surface area contributed by atoms with Gasteiger partial charge in [0.25, 0.3) is 5.91 Å². The second kappa shape index (κ2) is 11.7. The molecule has 1 unspecified atom stereocenters. The summed E-state index contributed by atoms with van der Waals surface area (Å²) in [4.78, 5) is 26.6. The maximum absolute atomic E-state index is 13.6. The van der Waals surface area contributed by atoms with Crippen molar-refractivity contribution in [2.75, 3.05) is 25.0 Å². The molecule has 178 valence electrons. The smallest absolute Gasteiger partial charge is 0.362 e. The zero-order valence-electron chi connectivity index (χ0n) is 20.0.